The highest BCUT2D eigenvalue weighted by Crippen LogP contribution is 2.37. The maximum atomic E-state index is 13.0. The predicted molar refractivity (Wildman–Crippen MR) is 52.5 cm³/mol. The lowest BCUT2D eigenvalue weighted by molar-refractivity contribution is 0.00748. The van der Waals surface area contributed by atoms with E-state index in [9.17, 15) is 4.48 Å². The fraction of sp³-hybridized carbons (Fsp3) is 0.833. The fourth-order valence-electron chi connectivity index (χ4n) is 1.09. The van der Waals surface area contributed by atoms with Crippen molar-refractivity contribution in [2.45, 2.75) is 23.3 Å². The van der Waals surface area contributed by atoms with Gasteiger partial charge in [-0.05, 0) is 6.42 Å². The van der Waals surface area contributed by atoms with Crippen molar-refractivity contribution >= 4 is 41.1 Å². The maximum Gasteiger partial charge on any atom is 0.232 e. The van der Waals surface area contributed by atoms with E-state index in [0.29, 0.717) is 11.7 Å². The molecule has 1 unspecified atom stereocenters. The third-order valence-corrected chi connectivity index (χ3v) is 2.16. The van der Waals surface area contributed by atoms with E-state index in [-0.39, 0.29) is 0 Å². The van der Waals surface area contributed by atoms with Crippen LogP contribution in [0.3, 0.4) is 0 Å². The largest absolute Gasteiger partial charge is 0.266 e. The minimum absolute atomic E-state index is 0.294. The summed E-state index contributed by atoms with van der Waals surface area (Å²) in [6, 6.07) is 0. The standard InChI is InChI=1S/C6H9Cl3FN3/c1-2-3-13-5(6(7,8)9)12(10)4-11-13/h4-5H,2-3H2,1H3. The van der Waals surface area contributed by atoms with Gasteiger partial charge < -0.3 is 0 Å². The van der Waals surface area contributed by atoms with Gasteiger partial charge in [-0.15, -0.1) is 0 Å². The Labute approximate surface area is 91.0 Å². The summed E-state index contributed by atoms with van der Waals surface area (Å²) in [5.41, 5.74) is 0. The van der Waals surface area contributed by atoms with Crippen LogP contribution in [0.4, 0.5) is 4.48 Å². The fourth-order valence-corrected chi connectivity index (χ4v) is 1.70. The highest BCUT2D eigenvalue weighted by atomic mass is 35.6. The number of hydrogen-bond donors (Lipinski definition) is 0. The predicted octanol–water partition coefficient (Wildman–Crippen LogP) is 2.54. The lowest BCUT2D eigenvalue weighted by Crippen LogP contribution is -2.45. The van der Waals surface area contributed by atoms with Crippen molar-refractivity contribution in [1.29, 1.82) is 0 Å². The van der Waals surface area contributed by atoms with Gasteiger partial charge in [-0.1, -0.05) is 46.2 Å². The number of rotatable bonds is 2. The van der Waals surface area contributed by atoms with Crippen molar-refractivity contribution in [2.75, 3.05) is 6.54 Å². The average molecular weight is 249 g/mol. The summed E-state index contributed by atoms with van der Waals surface area (Å²) < 4.78 is 11.3. The molecule has 0 spiro atoms. The number of hydrogen-bond acceptors (Lipinski definition) is 3. The van der Waals surface area contributed by atoms with Gasteiger partial charge in [0.2, 0.25) is 3.79 Å². The van der Waals surface area contributed by atoms with E-state index >= 15 is 0 Å². The first-order chi connectivity index (χ1) is 5.96. The number of nitrogens with zero attached hydrogens (tertiary/aromatic N) is 3. The van der Waals surface area contributed by atoms with Crippen LogP contribution in [0.25, 0.3) is 0 Å². The summed E-state index contributed by atoms with van der Waals surface area (Å²) in [5, 5.41) is 5.46. The first kappa shape index (κ1) is 11.1. The maximum absolute atomic E-state index is 13.0. The summed E-state index contributed by atoms with van der Waals surface area (Å²) in [7, 11) is 0. The molecule has 1 aliphatic rings. The zero-order chi connectivity index (χ0) is 10.1. The van der Waals surface area contributed by atoms with Gasteiger partial charge in [0.15, 0.2) is 6.17 Å². The second-order valence-electron chi connectivity index (χ2n) is 2.65. The zero-order valence-corrected chi connectivity index (χ0v) is 9.19. The molecule has 0 aliphatic carbocycles. The van der Waals surface area contributed by atoms with Crippen molar-refractivity contribution in [2.24, 2.45) is 5.10 Å². The third kappa shape index (κ3) is 2.51. The summed E-state index contributed by atoms with van der Waals surface area (Å²) >= 11 is 16.8. The van der Waals surface area contributed by atoms with Gasteiger partial charge in [0.1, 0.15) is 6.34 Å². The average Bonchev–Trinajstić information content (AvgIpc) is 2.31. The normalized spacial score (nSPS) is 23.0. The van der Waals surface area contributed by atoms with E-state index in [1.807, 2.05) is 6.92 Å². The molecule has 13 heavy (non-hydrogen) atoms. The second kappa shape index (κ2) is 4.07. The monoisotopic (exact) mass is 247 g/mol. The Morgan fingerprint density at radius 2 is 2.15 bits per heavy atom. The second-order valence-corrected chi connectivity index (χ2v) is 5.02. The highest BCUT2D eigenvalue weighted by molar-refractivity contribution is 6.68. The lowest BCUT2D eigenvalue weighted by atomic mass is 10.4. The molecule has 1 rings (SSSR count). The van der Waals surface area contributed by atoms with Crippen LogP contribution in [0.2, 0.25) is 0 Å². The van der Waals surface area contributed by atoms with Crippen LogP contribution in [0.15, 0.2) is 5.10 Å². The molecule has 1 aliphatic heterocycles. The summed E-state index contributed by atoms with van der Waals surface area (Å²) in [5.74, 6) is 0. The van der Waals surface area contributed by atoms with Crippen LogP contribution >= 0.6 is 34.8 Å². The van der Waals surface area contributed by atoms with E-state index in [1.54, 1.807) is 0 Å². The van der Waals surface area contributed by atoms with Crippen LogP contribution in [0.1, 0.15) is 13.3 Å². The van der Waals surface area contributed by atoms with Crippen molar-refractivity contribution in [1.82, 2.24) is 10.1 Å². The van der Waals surface area contributed by atoms with Crippen LogP contribution in [-0.2, 0) is 0 Å². The Morgan fingerprint density at radius 3 is 2.62 bits per heavy atom. The van der Waals surface area contributed by atoms with Crippen LogP contribution in [-0.4, -0.2) is 33.0 Å². The molecule has 0 bridgehead atoms. The quantitative estimate of drug-likeness (QED) is 0.552. The van der Waals surface area contributed by atoms with E-state index in [1.165, 1.54) is 5.01 Å². The van der Waals surface area contributed by atoms with Crippen LogP contribution in [0.5, 0.6) is 0 Å². The molecule has 0 radical (unpaired) electrons. The molecule has 3 nitrogen and oxygen atoms in total. The summed E-state index contributed by atoms with van der Waals surface area (Å²) in [6.45, 7) is 2.49. The van der Waals surface area contributed by atoms with Gasteiger partial charge in [0.25, 0.3) is 0 Å². The molecule has 0 N–H and O–H groups in total. The van der Waals surface area contributed by atoms with E-state index < -0.39 is 9.96 Å². The topological polar surface area (TPSA) is 18.8 Å². The molecule has 0 aromatic carbocycles. The Kier molecular flexibility index (Phi) is 3.49. The Bertz CT molecular complexity index is 206. The van der Waals surface area contributed by atoms with E-state index in [4.69, 9.17) is 34.8 Å². The van der Waals surface area contributed by atoms with Crippen molar-refractivity contribution in [3.05, 3.63) is 0 Å². The smallest absolute Gasteiger partial charge is 0.232 e. The molecular weight excluding hydrogens is 239 g/mol. The van der Waals surface area contributed by atoms with Crippen LogP contribution < -0.4 is 0 Å². The molecule has 0 saturated carbocycles. The molecule has 7 heteroatoms. The van der Waals surface area contributed by atoms with Gasteiger partial charge in [-0.2, -0.15) is 10.2 Å². The van der Waals surface area contributed by atoms with Gasteiger partial charge in [0.05, 0.1) is 0 Å². The summed E-state index contributed by atoms with van der Waals surface area (Å²) in [6.07, 6.45) is 0.849. The number of halogens is 4. The molecule has 0 fully saturated rings. The van der Waals surface area contributed by atoms with Gasteiger partial charge in [-0.3, -0.25) is 5.01 Å². The van der Waals surface area contributed by atoms with Crippen molar-refractivity contribution < 1.29 is 4.48 Å². The molecule has 0 saturated heterocycles. The SMILES string of the molecule is CCCN1N=CN(F)C1C(Cl)(Cl)Cl. The first-order valence-electron chi connectivity index (χ1n) is 3.78. The Hall–Kier alpha value is 0.0700. The van der Waals surface area contributed by atoms with Gasteiger partial charge in [-0.25, -0.2) is 0 Å². The summed E-state index contributed by atoms with van der Waals surface area (Å²) in [4.78, 5) is 0. The minimum atomic E-state index is -1.71. The molecule has 0 aromatic rings. The minimum Gasteiger partial charge on any atom is -0.266 e. The van der Waals surface area contributed by atoms with Gasteiger partial charge >= 0.3 is 0 Å². The lowest BCUT2D eigenvalue weighted by Gasteiger charge is -2.30. The molecule has 76 valence electrons. The molecule has 1 heterocycles. The van der Waals surface area contributed by atoms with Gasteiger partial charge in [0, 0.05) is 6.54 Å². The van der Waals surface area contributed by atoms with Crippen molar-refractivity contribution in [3.63, 3.8) is 0 Å². The molecule has 0 aromatic heterocycles. The zero-order valence-electron chi connectivity index (χ0n) is 6.92. The Balaban J connectivity index is 2.70. The number of hydrazone groups is 1. The third-order valence-electron chi connectivity index (χ3n) is 1.57. The highest BCUT2D eigenvalue weighted by Gasteiger charge is 2.44. The van der Waals surface area contributed by atoms with Crippen molar-refractivity contribution in [3.8, 4) is 0 Å². The number of alkyl halides is 3. The van der Waals surface area contributed by atoms with E-state index in [2.05, 4.69) is 5.10 Å². The Morgan fingerprint density at radius 1 is 1.54 bits per heavy atom. The molecule has 1 atom stereocenters. The first-order valence-corrected chi connectivity index (χ1v) is 4.91. The van der Waals surface area contributed by atoms with E-state index in [0.717, 1.165) is 12.8 Å². The molecule has 0 amide bonds. The molecular formula is C6H9Cl3FN3. The van der Waals surface area contributed by atoms with Crippen LogP contribution in [0, 0.1) is 0 Å².